The lowest BCUT2D eigenvalue weighted by Crippen LogP contribution is -2.57. The first-order valence-electron chi connectivity index (χ1n) is 26.1. The molecule has 0 aromatic heterocycles. The van der Waals surface area contributed by atoms with Crippen molar-refractivity contribution in [2.75, 3.05) is 13.7 Å². The fourth-order valence-electron chi connectivity index (χ4n) is 14.5. The molecular formula is C55H84O14. The Morgan fingerprint density at radius 2 is 1.51 bits per heavy atom. The number of aliphatic hydroxyl groups is 5. The van der Waals surface area contributed by atoms with Gasteiger partial charge in [0.1, 0.15) is 29.3 Å². The maximum Gasteiger partial charge on any atom is 0.346 e. The first-order chi connectivity index (χ1) is 32.5. The van der Waals surface area contributed by atoms with Crippen LogP contribution in [0, 0.1) is 58.2 Å². The molecule has 0 amide bonds. The Kier molecular flexibility index (Phi) is 16.4. The Bertz CT molecular complexity index is 2030. The molecule has 388 valence electrons. The average molecular weight is 969 g/mol. The highest BCUT2D eigenvalue weighted by atomic mass is 16.7. The lowest BCUT2D eigenvalue weighted by atomic mass is 9.47. The minimum atomic E-state index is -1.60. The highest BCUT2D eigenvalue weighted by molar-refractivity contribution is 6.26. The van der Waals surface area contributed by atoms with Gasteiger partial charge in [0.2, 0.25) is 5.78 Å². The summed E-state index contributed by atoms with van der Waals surface area (Å²) >= 11 is 0. The van der Waals surface area contributed by atoms with E-state index < -0.39 is 113 Å². The van der Waals surface area contributed by atoms with Gasteiger partial charge in [-0.05, 0) is 83.5 Å². The van der Waals surface area contributed by atoms with Crippen LogP contribution in [0.2, 0.25) is 0 Å². The molecule has 14 nitrogen and oxygen atoms in total. The van der Waals surface area contributed by atoms with Gasteiger partial charge in [0.25, 0.3) is 0 Å². The number of esters is 1. The van der Waals surface area contributed by atoms with Crippen molar-refractivity contribution >= 4 is 17.5 Å². The molecule has 3 aliphatic heterocycles. The van der Waals surface area contributed by atoms with Crippen molar-refractivity contribution in [3.63, 3.8) is 0 Å². The van der Waals surface area contributed by atoms with E-state index >= 15 is 4.79 Å². The summed E-state index contributed by atoms with van der Waals surface area (Å²) in [5.74, 6) is -4.99. The second kappa shape index (κ2) is 21.0. The molecule has 4 aliphatic carbocycles. The molecule has 3 heterocycles. The minimum Gasteiger partial charge on any atom is -0.511 e. The largest absolute Gasteiger partial charge is 0.511 e. The fraction of sp³-hybridized carbons (Fsp3) is 0.800. The number of carbonyl (C=O) groups is 3. The third-order valence-electron chi connectivity index (χ3n) is 18.3. The van der Waals surface area contributed by atoms with Gasteiger partial charge in [0, 0.05) is 73.9 Å². The molecule has 1 spiro atoms. The highest BCUT2D eigenvalue weighted by Gasteiger charge is 2.67. The van der Waals surface area contributed by atoms with E-state index in [4.69, 9.17) is 28.4 Å². The van der Waals surface area contributed by atoms with E-state index in [1.165, 1.54) is 7.11 Å². The van der Waals surface area contributed by atoms with Crippen LogP contribution in [0.1, 0.15) is 140 Å². The van der Waals surface area contributed by atoms with Crippen molar-refractivity contribution in [2.45, 2.75) is 207 Å². The van der Waals surface area contributed by atoms with E-state index in [2.05, 4.69) is 26.0 Å². The van der Waals surface area contributed by atoms with Gasteiger partial charge in [0.15, 0.2) is 18.2 Å². The van der Waals surface area contributed by atoms with Crippen LogP contribution in [0.4, 0.5) is 0 Å². The zero-order chi connectivity index (χ0) is 50.7. The molecule has 0 unspecified atom stereocenters. The van der Waals surface area contributed by atoms with Gasteiger partial charge in [-0.2, -0.15) is 0 Å². The Balaban J connectivity index is 1.30. The van der Waals surface area contributed by atoms with E-state index in [-0.39, 0.29) is 79.5 Å². The van der Waals surface area contributed by atoms with Crippen LogP contribution in [0.25, 0.3) is 0 Å². The maximum absolute atomic E-state index is 15.6. The fourth-order valence-corrected chi connectivity index (χ4v) is 14.5. The molecule has 0 aromatic carbocycles. The third kappa shape index (κ3) is 9.55. The van der Waals surface area contributed by atoms with Crippen molar-refractivity contribution in [3.8, 4) is 0 Å². The lowest BCUT2D eigenvalue weighted by molar-refractivity contribution is -0.320. The van der Waals surface area contributed by atoms with Crippen LogP contribution in [0.15, 0.2) is 46.3 Å². The van der Waals surface area contributed by atoms with Gasteiger partial charge < -0.3 is 54.0 Å². The summed E-state index contributed by atoms with van der Waals surface area (Å²) in [5, 5.41) is 58.3. The first kappa shape index (κ1) is 54.0. The Hall–Kier alpha value is -2.79. The van der Waals surface area contributed by atoms with Crippen molar-refractivity contribution in [2.24, 2.45) is 58.2 Å². The van der Waals surface area contributed by atoms with Crippen molar-refractivity contribution < 1.29 is 68.3 Å². The molecule has 2 bridgehead atoms. The summed E-state index contributed by atoms with van der Waals surface area (Å²) < 4.78 is 37.7. The SMILES string of the molecule is CC/C1=C\[C@H](CO)C[C@@H](C)[C@H](O[C@H]2C[C@H](O)[C@H](O[C@H]3C[C@H](OC)[C@@H](O)[C@H](C)O3)[C@@H](C)O2)[C@H](C)CCC[C@]2(C)C=C(C)[C@H](C)C[C@]23OC(=O)C(=C(O)[C@@]2(CC)[C@H]4[C@H](C=C(C)[C@@H]12)[C@@H](O)CC(=O)[C@@H]4C)C3=O. The number of rotatable bonds is 8. The van der Waals surface area contributed by atoms with E-state index in [0.29, 0.717) is 32.1 Å². The predicted octanol–water partition coefficient (Wildman–Crippen LogP) is 7.40. The zero-order valence-corrected chi connectivity index (χ0v) is 43.3. The topological polar surface area (TPSA) is 208 Å². The van der Waals surface area contributed by atoms with Gasteiger partial charge in [-0.1, -0.05) is 89.8 Å². The number of aliphatic hydroxyl groups excluding tert-OH is 5. The number of ketones is 2. The van der Waals surface area contributed by atoms with E-state index in [1.807, 2.05) is 61.5 Å². The second-order valence-electron chi connectivity index (χ2n) is 22.7. The summed E-state index contributed by atoms with van der Waals surface area (Å²) in [6.45, 7) is 21.5. The normalized spacial score (nSPS) is 47.7. The predicted molar refractivity (Wildman–Crippen MR) is 257 cm³/mol. The summed E-state index contributed by atoms with van der Waals surface area (Å²) in [6.07, 6.45) is 2.88. The molecule has 7 aliphatic rings. The molecule has 69 heavy (non-hydrogen) atoms. The molecule has 0 radical (unpaired) electrons. The van der Waals surface area contributed by atoms with E-state index in [0.717, 1.165) is 16.7 Å². The van der Waals surface area contributed by atoms with Crippen LogP contribution < -0.4 is 0 Å². The lowest BCUT2D eigenvalue weighted by Gasteiger charge is -2.56. The number of hydrogen-bond donors (Lipinski definition) is 5. The number of methoxy groups -OCH3 is 1. The number of carbonyl (C=O) groups excluding carboxylic acids is 3. The molecule has 21 atom stereocenters. The molecule has 14 heteroatoms. The van der Waals surface area contributed by atoms with Crippen LogP contribution >= 0.6 is 0 Å². The summed E-state index contributed by atoms with van der Waals surface area (Å²) in [6, 6.07) is 0. The molecule has 7 rings (SSSR count). The number of ether oxygens (including phenoxy) is 6. The smallest absolute Gasteiger partial charge is 0.346 e. The molecular weight excluding hydrogens is 885 g/mol. The average Bonchev–Trinajstić information content (AvgIpc) is 3.55. The quantitative estimate of drug-likeness (QED) is 0.0913. The molecule has 5 N–H and O–H groups in total. The van der Waals surface area contributed by atoms with Crippen molar-refractivity contribution in [1.82, 2.24) is 0 Å². The van der Waals surface area contributed by atoms with Crippen LogP contribution in [-0.4, -0.2) is 124 Å². The van der Waals surface area contributed by atoms with Crippen LogP contribution in [-0.2, 0) is 42.8 Å². The van der Waals surface area contributed by atoms with Gasteiger partial charge in [0.05, 0.1) is 36.6 Å². The minimum absolute atomic E-state index is 0.0313. The Morgan fingerprint density at radius 1 is 0.841 bits per heavy atom. The molecule has 0 aromatic rings. The Morgan fingerprint density at radius 3 is 2.14 bits per heavy atom. The van der Waals surface area contributed by atoms with Crippen LogP contribution in [0.3, 0.4) is 0 Å². The zero-order valence-electron chi connectivity index (χ0n) is 43.3. The Labute approximate surface area is 410 Å². The first-order valence-corrected chi connectivity index (χ1v) is 26.1. The van der Waals surface area contributed by atoms with Gasteiger partial charge >= 0.3 is 5.97 Å². The number of Topliss-reactive ketones (excluding diaryl/α,β-unsaturated/α-hetero) is 2. The summed E-state index contributed by atoms with van der Waals surface area (Å²) in [5.41, 5.74) is -1.44. The summed E-state index contributed by atoms with van der Waals surface area (Å²) in [7, 11) is 1.54. The maximum atomic E-state index is 15.6. The summed E-state index contributed by atoms with van der Waals surface area (Å²) in [4.78, 5) is 44.1. The number of allylic oxidation sites excluding steroid dienone is 4. The molecule has 3 saturated heterocycles. The van der Waals surface area contributed by atoms with Crippen molar-refractivity contribution in [1.29, 1.82) is 0 Å². The third-order valence-corrected chi connectivity index (χ3v) is 18.3. The van der Waals surface area contributed by atoms with E-state index in [1.54, 1.807) is 6.92 Å². The van der Waals surface area contributed by atoms with Gasteiger partial charge in [-0.25, -0.2) is 4.79 Å². The second-order valence-corrected chi connectivity index (χ2v) is 22.7. The monoisotopic (exact) mass is 969 g/mol. The van der Waals surface area contributed by atoms with Crippen LogP contribution in [0.5, 0.6) is 0 Å². The van der Waals surface area contributed by atoms with Gasteiger partial charge in [-0.15, -0.1) is 0 Å². The standard InChI is InChI=1S/C55H84O14/c1-13-36-20-35(26-56)18-29(5)48(67-42-22-40(59)49(34(10)66-42)68-43-23-41(64-12)47(60)33(9)65-43)27(3)16-15-17-53(11)24-30(6)31(7)25-55(53)51(62)44(52(63)69-55)50(61)54(14-2)45(36)28(4)19-37-39(58)21-38(57)32(8)46(37)54/h19-20,24,27,29,31-35,37,39-43,45-49,56,58-61H,13-18,21-23,25-26H2,1-12H3/b36-20+,50-44?/t27-,29-,31-,32+,33+,34-,35-,37-,39+,40+,41+,42+,43+,45+,46-,47+,48-,49-,53-,54-,55-/m1/s1. The highest BCUT2D eigenvalue weighted by Crippen LogP contribution is 2.63. The molecule has 1 saturated carbocycles. The number of hydrogen-bond acceptors (Lipinski definition) is 14. The van der Waals surface area contributed by atoms with Gasteiger partial charge in [-0.3, -0.25) is 9.59 Å². The van der Waals surface area contributed by atoms with E-state index in [9.17, 15) is 35.1 Å². The number of fused-ring (bicyclic) bond motifs is 4. The molecule has 4 fully saturated rings. The van der Waals surface area contributed by atoms with Crippen molar-refractivity contribution in [3.05, 3.63) is 46.3 Å².